The highest BCUT2D eigenvalue weighted by Gasteiger charge is 2.05. The van der Waals surface area contributed by atoms with Crippen LogP contribution in [0, 0.1) is 6.92 Å². The van der Waals surface area contributed by atoms with Crippen LogP contribution in [0.4, 0.5) is 0 Å². The number of ether oxygens (including phenoxy) is 1. The zero-order valence-electron chi connectivity index (χ0n) is 10.5. The third kappa shape index (κ3) is 3.25. The first-order chi connectivity index (χ1) is 9.06. The number of phenolic OH excluding ortho intramolecular Hbond substituents is 1. The molecule has 0 saturated carbocycles. The van der Waals surface area contributed by atoms with Crippen molar-refractivity contribution >= 4 is 5.97 Å². The van der Waals surface area contributed by atoms with E-state index >= 15 is 0 Å². The van der Waals surface area contributed by atoms with Crippen molar-refractivity contribution in [2.45, 2.75) is 13.5 Å². The van der Waals surface area contributed by atoms with Gasteiger partial charge in [0.05, 0.1) is 5.56 Å². The van der Waals surface area contributed by atoms with E-state index in [0.29, 0.717) is 12.4 Å². The van der Waals surface area contributed by atoms with E-state index in [1.54, 1.807) is 30.3 Å². The third-order valence-electron chi connectivity index (χ3n) is 2.80. The summed E-state index contributed by atoms with van der Waals surface area (Å²) in [6, 6.07) is 11.4. The second-order valence-corrected chi connectivity index (χ2v) is 4.23. The van der Waals surface area contributed by atoms with Crippen molar-refractivity contribution < 1.29 is 19.7 Å². The van der Waals surface area contributed by atoms with Crippen LogP contribution in [-0.2, 0) is 6.61 Å². The fourth-order valence-corrected chi connectivity index (χ4v) is 1.72. The van der Waals surface area contributed by atoms with E-state index in [9.17, 15) is 9.90 Å². The van der Waals surface area contributed by atoms with Gasteiger partial charge >= 0.3 is 5.97 Å². The number of carboxylic acids is 1. The predicted octanol–water partition coefficient (Wildman–Crippen LogP) is 2.98. The molecule has 2 rings (SSSR count). The summed E-state index contributed by atoms with van der Waals surface area (Å²) in [5.41, 5.74) is 2.06. The number of aromatic carboxylic acids is 1. The molecule has 98 valence electrons. The number of phenols is 1. The standard InChI is InChI=1S/C15H14O4/c1-10-7-13(16)6-5-12(10)9-19-14-4-2-3-11(8-14)15(17)18/h2-8,16H,9H2,1H3,(H,17,18). The van der Waals surface area contributed by atoms with Crippen molar-refractivity contribution in [3.8, 4) is 11.5 Å². The van der Waals surface area contributed by atoms with E-state index in [0.717, 1.165) is 11.1 Å². The lowest BCUT2D eigenvalue weighted by Gasteiger charge is -2.09. The zero-order valence-corrected chi connectivity index (χ0v) is 10.5. The van der Waals surface area contributed by atoms with Gasteiger partial charge in [-0.3, -0.25) is 0 Å². The number of carboxylic acid groups (broad SMARTS) is 1. The van der Waals surface area contributed by atoms with Gasteiger partial charge in [-0.05, 0) is 48.4 Å². The van der Waals surface area contributed by atoms with Crippen LogP contribution in [0.3, 0.4) is 0 Å². The minimum Gasteiger partial charge on any atom is -0.508 e. The SMILES string of the molecule is Cc1cc(O)ccc1COc1cccc(C(=O)O)c1. The number of aromatic hydroxyl groups is 1. The highest BCUT2D eigenvalue weighted by molar-refractivity contribution is 5.87. The lowest BCUT2D eigenvalue weighted by Crippen LogP contribution is -2.00. The maximum atomic E-state index is 10.8. The number of benzene rings is 2. The van der Waals surface area contributed by atoms with Gasteiger partial charge in [0.25, 0.3) is 0 Å². The number of aryl methyl sites for hydroxylation is 1. The minimum absolute atomic E-state index is 0.194. The molecule has 2 aromatic rings. The molecule has 0 aliphatic heterocycles. The van der Waals surface area contributed by atoms with Crippen LogP contribution in [0.5, 0.6) is 11.5 Å². The average Bonchev–Trinajstić information content (AvgIpc) is 2.38. The van der Waals surface area contributed by atoms with Gasteiger partial charge in [-0.25, -0.2) is 4.79 Å². The van der Waals surface area contributed by atoms with Gasteiger partial charge in [-0.2, -0.15) is 0 Å². The summed E-state index contributed by atoms with van der Waals surface area (Å²) >= 11 is 0. The van der Waals surface area contributed by atoms with Crippen LogP contribution in [0.15, 0.2) is 42.5 Å². The Balaban J connectivity index is 2.10. The normalized spacial score (nSPS) is 10.2. The summed E-state index contributed by atoms with van der Waals surface area (Å²) in [7, 11) is 0. The molecule has 0 fully saturated rings. The molecule has 0 unspecified atom stereocenters. The maximum absolute atomic E-state index is 10.8. The molecule has 0 spiro atoms. The molecule has 19 heavy (non-hydrogen) atoms. The van der Waals surface area contributed by atoms with E-state index in [1.807, 2.05) is 6.92 Å². The second kappa shape index (κ2) is 5.44. The average molecular weight is 258 g/mol. The van der Waals surface area contributed by atoms with Crippen molar-refractivity contribution in [1.82, 2.24) is 0 Å². The molecule has 2 N–H and O–H groups in total. The lowest BCUT2D eigenvalue weighted by atomic mass is 10.1. The Hall–Kier alpha value is -2.49. The summed E-state index contributed by atoms with van der Waals surface area (Å²) in [5.74, 6) is -0.257. The number of hydrogen-bond donors (Lipinski definition) is 2. The summed E-state index contributed by atoms with van der Waals surface area (Å²) < 4.78 is 5.56. The maximum Gasteiger partial charge on any atom is 0.335 e. The van der Waals surface area contributed by atoms with E-state index < -0.39 is 5.97 Å². The van der Waals surface area contributed by atoms with E-state index in [4.69, 9.17) is 9.84 Å². The van der Waals surface area contributed by atoms with Crippen molar-refractivity contribution in [3.63, 3.8) is 0 Å². The predicted molar refractivity (Wildman–Crippen MR) is 70.6 cm³/mol. The summed E-state index contributed by atoms with van der Waals surface area (Å²) in [6.07, 6.45) is 0. The monoisotopic (exact) mass is 258 g/mol. The van der Waals surface area contributed by atoms with Crippen molar-refractivity contribution in [2.24, 2.45) is 0 Å². The number of hydrogen-bond acceptors (Lipinski definition) is 3. The third-order valence-corrected chi connectivity index (χ3v) is 2.80. The molecular weight excluding hydrogens is 244 g/mol. The lowest BCUT2D eigenvalue weighted by molar-refractivity contribution is 0.0696. The molecule has 0 atom stereocenters. The quantitative estimate of drug-likeness (QED) is 0.884. The van der Waals surface area contributed by atoms with Crippen LogP contribution in [0.1, 0.15) is 21.5 Å². The molecule has 4 nitrogen and oxygen atoms in total. The molecule has 0 radical (unpaired) electrons. The molecule has 0 amide bonds. The Kier molecular flexibility index (Phi) is 3.71. The second-order valence-electron chi connectivity index (χ2n) is 4.23. The number of rotatable bonds is 4. The van der Waals surface area contributed by atoms with Crippen molar-refractivity contribution in [2.75, 3.05) is 0 Å². The van der Waals surface area contributed by atoms with Gasteiger partial charge in [0.2, 0.25) is 0 Å². The van der Waals surface area contributed by atoms with Gasteiger partial charge < -0.3 is 14.9 Å². The molecule has 2 aromatic carbocycles. The van der Waals surface area contributed by atoms with Gasteiger partial charge in [-0.1, -0.05) is 12.1 Å². The van der Waals surface area contributed by atoms with Crippen LogP contribution < -0.4 is 4.74 Å². The van der Waals surface area contributed by atoms with Gasteiger partial charge in [0.1, 0.15) is 18.1 Å². The molecule has 0 heterocycles. The summed E-state index contributed by atoms with van der Waals surface area (Å²) in [6.45, 7) is 2.21. The van der Waals surface area contributed by atoms with Crippen LogP contribution in [0.25, 0.3) is 0 Å². The summed E-state index contributed by atoms with van der Waals surface area (Å²) in [4.78, 5) is 10.8. The largest absolute Gasteiger partial charge is 0.508 e. The number of carbonyl (C=O) groups is 1. The summed E-state index contributed by atoms with van der Waals surface area (Å²) in [5, 5.41) is 18.2. The molecule has 4 heteroatoms. The van der Waals surface area contributed by atoms with Crippen LogP contribution in [-0.4, -0.2) is 16.2 Å². The zero-order chi connectivity index (χ0) is 13.8. The van der Waals surface area contributed by atoms with Crippen LogP contribution >= 0.6 is 0 Å². The first-order valence-electron chi connectivity index (χ1n) is 5.81. The van der Waals surface area contributed by atoms with Crippen molar-refractivity contribution in [1.29, 1.82) is 0 Å². The first kappa shape index (κ1) is 13.0. The topological polar surface area (TPSA) is 66.8 Å². The Morgan fingerprint density at radius 2 is 2.00 bits per heavy atom. The fourth-order valence-electron chi connectivity index (χ4n) is 1.72. The van der Waals surface area contributed by atoms with Gasteiger partial charge in [-0.15, -0.1) is 0 Å². The van der Waals surface area contributed by atoms with Gasteiger partial charge in [0, 0.05) is 0 Å². The Labute approximate surface area is 110 Å². The molecular formula is C15H14O4. The van der Waals surface area contributed by atoms with E-state index in [1.165, 1.54) is 12.1 Å². The van der Waals surface area contributed by atoms with Crippen molar-refractivity contribution in [3.05, 3.63) is 59.2 Å². The molecule has 0 saturated heterocycles. The minimum atomic E-state index is -0.980. The van der Waals surface area contributed by atoms with Crippen LogP contribution in [0.2, 0.25) is 0 Å². The smallest absolute Gasteiger partial charge is 0.335 e. The molecule has 0 aliphatic carbocycles. The van der Waals surface area contributed by atoms with E-state index in [-0.39, 0.29) is 11.3 Å². The molecule has 0 aliphatic rings. The Morgan fingerprint density at radius 1 is 1.21 bits per heavy atom. The highest BCUT2D eigenvalue weighted by atomic mass is 16.5. The first-order valence-corrected chi connectivity index (χ1v) is 5.81. The fraction of sp³-hybridized carbons (Fsp3) is 0.133. The Morgan fingerprint density at radius 3 is 2.68 bits per heavy atom. The van der Waals surface area contributed by atoms with E-state index in [2.05, 4.69) is 0 Å². The molecule has 0 bridgehead atoms. The Bertz CT molecular complexity index is 605. The van der Waals surface area contributed by atoms with Gasteiger partial charge in [0.15, 0.2) is 0 Å². The molecule has 0 aromatic heterocycles. The highest BCUT2D eigenvalue weighted by Crippen LogP contribution is 2.19.